The number of fused-ring (bicyclic) bond motifs is 2. The average molecular weight is 466 g/mol. The minimum atomic E-state index is -5.72. The van der Waals surface area contributed by atoms with Crippen LogP contribution in [-0.4, -0.2) is 31.9 Å². The molecule has 2 aromatic carbocycles. The van der Waals surface area contributed by atoms with Gasteiger partial charge in [-0.1, -0.05) is 35.3 Å². The minimum Gasteiger partial charge on any atom is -0.376 e. The van der Waals surface area contributed by atoms with Crippen LogP contribution in [0.4, 0.5) is 13.2 Å². The summed E-state index contributed by atoms with van der Waals surface area (Å²) in [4.78, 5) is 2.18. The molecule has 0 aliphatic carbocycles. The fourth-order valence-electron chi connectivity index (χ4n) is 4.23. The Morgan fingerprint density at radius 3 is 2.31 bits per heavy atom. The van der Waals surface area contributed by atoms with Crippen molar-refractivity contribution in [3.8, 4) is 5.75 Å². The Bertz CT molecular complexity index is 1060. The van der Waals surface area contributed by atoms with Gasteiger partial charge in [-0.05, 0) is 66.9 Å². The highest BCUT2D eigenvalue weighted by Crippen LogP contribution is 2.48. The second kappa shape index (κ2) is 7.04. The largest absolute Gasteiger partial charge is 0.534 e. The van der Waals surface area contributed by atoms with Crippen molar-refractivity contribution < 1.29 is 25.8 Å². The van der Waals surface area contributed by atoms with E-state index in [4.69, 9.17) is 23.2 Å². The van der Waals surface area contributed by atoms with E-state index in [2.05, 4.69) is 9.08 Å². The van der Waals surface area contributed by atoms with Crippen LogP contribution in [0.15, 0.2) is 36.4 Å². The van der Waals surface area contributed by atoms with E-state index in [1.54, 1.807) is 12.1 Å². The summed E-state index contributed by atoms with van der Waals surface area (Å²) in [6.07, 6.45) is 1.61. The monoisotopic (exact) mass is 465 g/mol. The predicted octanol–water partition coefficient (Wildman–Crippen LogP) is 5.12. The van der Waals surface area contributed by atoms with Gasteiger partial charge in [0.15, 0.2) is 0 Å². The van der Waals surface area contributed by atoms with Gasteiger partial charge in [0.25, 0.3) is 0 Å². The molecule has 29 heavy (non-hydrogen) atoms. The Hall–Kier alpha value is -1.48. The van der Waals surface area contributed by atoms with Gasteiger partial charge in [-0.3, -0.25) is 4.90 Å². The van der Waals surface area contributed by atoms with E-state index in [0.717, 1.165) is 42.6 Å². The summed E-state index contributed by atoms with van der Waals surface area (Å²) in [5.41, 5.74) is -3.21. The molecule has 2 bridgehead atoms. The first-order chi connectivity index (χ1) is 13.5. The van der Waals surface area contributed by atoms with Crippen LogP contribution in [0.1, 0.15) is 29.5 Å². The first kappa shape index (κ1) is 20.8. The predicted molar refractivity (Wildman–Crippen MR) is 104 cm³/mol. The smallest absolute Gasteiger partial charge is 0.376 e. The molecular formula is C19H16Cl2F3NO3S. The van der Waals surface area contributed by atoms with Crippen LogP contribution in [-0.2, 0) is 22.1 Å². The fourth-order valence-corrected chi connectivity index (χ4v) is 4.98. The van der Waals surface area contributed by atoms with Crippen molar-refractivity contribution in [2.45, 2.75) is 30.3 Å². The molecule has 3 aliphatic heterocycles. The van der Waals surface area contributed by atoms with Crippen molar-refractivity contribution in [2.75, 3.05) is 13.1 Å². The van der Waals surface area contributed by atoms with Crippen molar-refractivity contribution in [2.24, 2.45) is 0 Å². The summed E-state index contributed by atoms with van der Waals surface area (Å²) >= 11 is 12.3. The normalized spacial score (nSPS) is 24.1. The molecule has 0 radical (unpaired) electrons. The van der Waals surface area contributed by atoms with Gasteiger partial charge < -0.3 is 4.18 Å². The summed E-state index contributed by atoms with van der Waals surface area (Å²) < 4.78 is 65.1. The van der Waals surface area contributed by atoms with Crippen molar-refractivity contribution in [1.29, 1.82) is 0 Å². The zero-order valence-electron chi connectivity index (χ0n) is 15.0. The zero-order valence-corrected chi connectivity index (χ0v) is 17.3. The average Bonchev–Trinajstić information content (AvgIpc) is 2.89. The third-order valence-corrected chi connectivity index (χ3v) is 7.38. The van der Waals surface area contributed by atoms with Crippen LogP contribution >= 0.6 is 23.2 Å². The number of benzene rings is 2. The van der Waals surface area contributed by atoms with Crippen LogP contribution in [0.5, 0.6) is 5.75 Å². The maximum absolute atomic E-state index is 12.7. The number of halogens is 5. The van der Waals surface area contributed by atoms with Gasteiger partial charge in [0.05, 0.1) is 10.0 Å². The third-order valence-electron chi connectivity index (χ3n) is 5.66. The van der Waals surface area contributed by atoms with E-state index < -0.39 is 15.6 Å². The molecule has 0 aromatic heterocycles. The number of hydrogen-bond donors (Lipinski definition) is 0. The fraction of sp³-hybridized carbons (Fsp3) is 0.368. The lowest BCUT2D eigenvalue weighted by Gasteiger charge is -2.39. The van der Waals surface area contributed by atoms with Gasteiger partial charge in [0, 0.05) is 12.0 Å². The summed E-state index contributed by atoms with van der Waals surface area (Å²) in [6.45, 7) is 2.10. The van der Waals surface area contributed by atoms with Gasteiger partial charge in [-0.25, -0.2) is 0 Å². The molecular weight excluding hydrogens is 450 g/mol. The lowest BCUT2D eigenvalue weighted by atomic mass is 9.68. The molecule has 10 heteroatoms. The molecule has 156 valence electrons. The number of alkyl halides is 3. The molecule has 0 N–H and O–H groups in total. The lowest BCUT2D eigenvalue weighted by Crippen LogP contribution is -2.39. The Morgan fingerprint density at radius 2 is 1.69 bits per heavy atom. The summed E-state index contributed by atoms with van der Waals surface area (Å²) in [5.74, 6) is -0.354. The minimum absolute atomic E-state index is 0.354. The third kappa shape index (κ3) is 3.60. The highest BCUT2D eigenvalue weighted by atomic mass is 35.5. The van der Waals surface area contributed by atoms with E-state index in [-0.39, 0.29) is 11.2 Å². The van der Waals surface area contributed by atoms with Crippen molar-refractivity contribution in [3.63, 3.8) is 0 Å². The Kier molecular flexibility index (Phi) is 5.05. The molecule has 0 saturated carbocycles. The van der Waals surface area contributed by atoms with Gasteiger partial charge >= 0.3 is 15.6 Å². The maximum Gasteiger partial charge on any atom is 0.534 e. The van der Waals surface area contributed by atoms with E-state index >= 15 is 0 Å². The van der Waals surface area contributed by atoms with Gasteiger partial charge in [-0.15, -0.1) is 0 Å². The molecule has 0 amide bonds. The topological polar surface area (TPSA) is 46.6 Å². The second-order valence-corrected chi connectivity index (χ2v) is 9.64. The highest BCUT2D eigenvalue weighted by Gasteiger charge is 2.49. The molecule has 3 aliphatic rings. The molecule has 5 rings (SSSR count). The van der Waals surface area contributed by atoms with Gasteiger partial charge in [0.1, 0.15) is 5.75 Å². The number of nitrogens with zero attached hydrogens (tertiary/aromatic N) is 1. The number of rotatable bonds is 3. The van der Waals surface area contributed by atoms with Crippen LogP contribution in [0, 0.1) is 0 Å². The van der Waals surface area contributed by atoms with Crippen LogP contribution in [0.3, 0.4) is 0 Å². The molecule has 0 unspecified atom stereocenters. The van der Waals surface area contributed by atoms with E-state index in [1.807, 2.05) is 12.1 Å². The van der Waals surface area contributed by atoms with E-state index in [0.29, 0.717) is 16.6 Å². The van der Waals surface area contributed by atoms with Gasteiger partial charge in [-0.2, -0.15) is 21.6 Å². The molecule has 0 atom stereocenters. The second-order valence-electron chi connectivity index (χ2n) is 7.29. The molecule has 1 saturated heterocycles. The Labute approximate surface area is 176 Å². The quantitative estimate of drug-likeness (QED) is 0.466. The van der Waals surface area contributed by atoms with Gasteiger partial charge in [0.2, 0.25) is 0 Å². The van der Waals surface area contributed by atoms with Crippen LogP contribution < -0.4 is 4.18 Å². The molecule has 3 heterocycles. The van der Waals surface area contributed by atoms with Crippen molar-refractivity contribution in [3.05, 3.63) is 63.1 Å². The van der Waals surface area contributed by atoms with Crippen molar-refractivity contribution >= 4 is 33.3 Å². The van der Waals surface area contributed by atoms with E-state index in [1.165, 1.54) is 12.1 Å². The first-order valence-corrected chi connectivity index (χ1v) is 11.0. The van der Waals surface area contributed by atoms with Crippen LogP contribution in [0.25, 0.3) is 0 Å². The summed E-state index contributed by atoms with van der Waals surface area (Å²) in [6, 6.07) is 9.79. The molecule has 0 spiro atoms. The lowest BCUT2D eigenvalue weighted by molar-refractivity contribution is -0.0500. The molecule has 4 nitrogen and oxygen atoms in total. The van der Waals surface area contributed by atoms with E-state index in [9.17, 15) is 21.6 Å². The zero-order chi connectivity index (χ0) is 21.0. The highest BCUT2D eigenvalue weighted by molar-refractivity contribution is 7.88. The Morgan fingerprint density at radius 1 is 1.00 bits per heavy atom. The molecule has 1 fully saturated rings. The summed E-state index contributed by atoms with van der Waals surface area (Å²) in [5, 5.41) is 0.877. The summed E-state index contributed by atoms with van der Waals surface area (Å²) in [7, 11) is -5.72. The SMILES string of the molecule is O=S(=O)(Oc1ccc2c(c1)CN1CCC2(c2ccc(Cl)c(Cl)c2)CC1)C(F)(F)F. The molecule has 2 aromatic rings. The number of hydrogen-bond acceptors (Lipinski definition) is 4. The first-order valence-electron chi connectivity index (χ1n) is 8.84. The van der Waals surface area contributed by atoms with Crippen molar-refractivity contribution in [1.82, 2.24) is 4.90 Å². The maximum atomic E-state index is 12.7. The standard InChI is InChI=1S/C19H16Cl2F3NO3S/c20-16-4-1-13(10-17(16)21)18-5-7-25(8-6-18)11-12-9-14(2-3-15(12)18)28-29(26,27)19(22,23)24/h1-4,9-10H,5-8,11H2. The van der Waals surface area contributed by atoms with Crippen LogP contribution in [0.2, 0.25) is 10.0 Å². The Balaban J connectivity index is 1.80. The number of piperidine rings is 1.